The zero-order valence-electron chi connectivity index (χ0n) is 11.3. The van der Waals surface area contributed by atoms with E-state index in [2.05, 4.69) is 24.4 Å². The van der Waals surface area contributed by atoms with Crippen LogP contribution < -0.4 is 5.43 Å². The predicted octanol–water partition coefficient (Wildman–Crippen LogP) is 3.64. The Balaban J connectivity index is 2.18. The van der Waals surface area contributed by atoms with Crippen molar-refractivity contribution in [3.8, 4) is 0 Å². The fourth-order valence-electron chi connectivity index (χ4n) is 2.26. The fraction of sp³-hybridized carbons (Fsp3) is 0.857. The van der Waals surface area contributed by atoms with E-state index in [9.17, 15) is 4.79 Å². The molecule has 1 aliphatic carbocycles. The number of unbranched alkanes of at least 4 members (excludes halogenated alkanes) is 2. The molecule has 17 heavy (non-hydrogen) atoms. The Bertz CT molecular complexity index is 251. The van der Waals surface area contributed by atoms with Crippen LogP contribution in [0.25, 0.3) is 0 Å². The largest absolute Gasteiger partial charge is 0.273 e. The van der Waals surface area contributed by atoms with E-state index < -0.39 is 0 Å². The molecule has 0 saturated heterocycles. The van der Waals surface area contributed by atoms with Crippen LogP contribution >= 0.6 is 0 Å². The molecule has 0 aromatic carbocycles. The molecule has 3 heteroatoms. The summed E-state index contributed by atoms with van der Waals surface area (Å²) in [5, 5.41) is 4.25. The first kappa shape index (κ1) is 14.2. The molecule has 0 aliphatic heterocycles. The fourth-order valence-corrected chi connectivity index (χ4v) is 2.26. The van der Waals surface area contributed by atoms with Crippen LogP contribution in [0.4, 0.5) is 0 Å². The van der Waals surface area contributed by atoms with Crippen molar-refractivity contribution in [3.05, 3.63) is 0 Å². The molecule has 0 atom stereocenters. The maximum absolute atomic E-state index is 11.5. The van der Waals surface area contributed by atoms with E-state index in [0.717, 1.165) is 38.0 Å². The molecule has 0 spiro atoms. The van der Waals surface area contributed by atoms with E-state index in [0.29, 0.717) is 6.42 Å². The highest BCUT2D eigenvalue weighted by molar-refractivity contribution is 5.86. The maximum atomic E-state index is 11.5. The van der Waals surface area contributed by atoms with Crippen molar-refractivity contribution in [2.24, 2.45) is 11.0 Å². The molecule has 0 bridgehead atoms. The Labute approximate surface area is 105 Å². The van der Waals surface area contributed by atoms with Gasteiger partial charge in [-0.05, 0) is 38.0 Å². The number of nitrogens with one attached hydrogen (secondary N) is 1. The lowest BCUT2D eigenvalue weighted by atomic mass is 9.86. The molecule has 1 saturated carbocycles. The summed E-state index contributed by atoms with van der Waals surface area (Å²) in [4.78, 5) is 11.5. The highest BCUT2D eigenvalue weighted by atomic mass is 16.2. The molecule has 1 fully saturated rings. The molecule has 0 aromatic heterocycles. The third-order valence-corrected chi connectivity index (χ3v) is 3.61. The van der Waals surface area contributed by atoms with Gasteiger partial charge in [0.2, 0.25) is 5.91 Å². The summed E-state index contributed by atoms with van der Waals surface area (Å²) < 4.78 is 0. The van der Waals surface area contributed by atoms with Crippen LogP contribution in [0.15, 0.2) is 5.10 Å². The number of carbonyl (C=O) groups is 1. The van der Waals surface area contributed by atoms with Crippen molar-refractivity contribution in [1.82, 2.24) is 5.43 Å². The third-order valence-electron chi connectivity index (χ3n) is 3.61. The molecular formula is C14H26N2O. The lowest BCUT2D eigenvalue weighted by Crippen LogP contribution is -2.21. The van der Waals surface area contributed by atoms with Crippen LogP contribution in [0.5, 0.6) is 0 Å². The minimum Gasteiger partial charge on any atom is -0.273 e. The topological polar surface area (TPSA) is 41.5 Å². The van der Waals surface area contributed by atoms with Gasteiger partial charge in [-0.25, -0.2) is 5.43 Å². The van der Waals surface area contributed by atoms with Crippen molar-refractivity contribution >= 4 is 11.6 Å². The van der Waals surface area contributed by atoms with E-state index in [1.54, 1.807) is 0 Å². The van der Waals surface area contributed by atoms with Crippen molar-refractivity contribution < 1.29 is 4.79 Å². The van der Waals surface area contributed by atoms with Crippen LogP contribution in [0, 0.1) is 5.92 Å². The van der Waals surface area contributed by atoms with E-state index in [1.165, 1.54) is 25.0 Å². The number of hydrogen-bond acceptors (Lipinski definition) is 2. The van der Waals surface area contributed by atoms with Gasteiger partial charge in [0.1, 0.15) is 0 Å². The first-order chi connectivity index (χ1) is 8.26. The predicted molar refractivity (Wildman–Crippen MR) is 72.0 cm³/mol. The van der Waals surface area contributed by atoms with Gasteiger partial charge >= 0.3 is 0 Å². The summed E-state index contributed by atoms with van der Waals surface area (Å²) in [6, 6.07) is 0. The SMILES string of the molecule is CCCCCC(=O)NN=C1CCC(CC)CC1. The zero-order valence-corrected chi connectivity index (χ0v) is 11.3. The lowest BCUT2D eigenvalue weighted by molar-refractivity contribution is -0.121. The molecule has 1 amide bonds. The second-order valence-corrected chi connectivity index (χ2v) is 5.02. The summed E-state index contributed by atoms with van der Waals surface area (Å²) in [5.41, 5.74) is 3.87. The molecule has 98 valence electrons. The van der Waals surface area contributed by atoms with Crippen LogP contribution in [0.1, 0.15) is 71.6 Å². The van der Waals surface area contributed by atoms with Crippen LogP contribution in [-0.4, -0.2) is 11.6 Å². The first-order valence-corrected chi connectivity index (χ1v) is 7.10. The monoisotopic (exact) mass is 238 g/mol. The molecule has 0 aromatic rings. The Kier molecular flexibility index (Phi) is 6.90. The number of hydrogen-bond donors (Lipinski definition) is 1. The molecular weight excluding hydrogens is 212 g/mol. The van der Waals surface area contributed by atoms with Crippen molar-refractivity contribution in [2.75, 3.05) is 0 Å². The zero-order chi connectivity index (χ0) is 12.5. The van der Waals surface area contributed by atoms with E-state index >= 15 is 0 Å². The number of nitrogens with zero attached hydrogens (tertiary/aromatic N) is 1. The van der Waals surface area contributed by atoms with Gasteiger partial charge in [-0.1, -0.05) is 33.1 Å². The van der Waals surface area contributed by atoms with Crippen LogP contribution in [0.2, 0.25) is 0 Å². The Morgan fingerprint density at radius 3 is 2.59 bits per heavy atom. The van der Waals surface area contributed by atoms with Gasteiger partial charge in [0.05, 0.1) is 0 Å². The second kappa shape index (κ2) is 8.26. The van der Waals surface area contributed by atoms with Crippen LogP contribution in [-0.2, 0) is 4.79 Å². The second-order valence-electron chi connectivity index (χ2n) is 5.02. The third kappa shape index (κ3) is 5.85. The molecule has 0 radical (unpaired) electrons. The Hall–Kier alpha value is -0.860. The van der Waals surface area contributed by atoms with Gasteiger partial charge in [0, 0.05) is 12.1 Å². The number of carbonyl (C=O) groups excluding carboxylic acids is 1. The smallest absolute Gasteiger partial charge is 0.240 e. The van der Waals surface area contributed by atoms with Gasteiger partial charge in [-0.15, -0.1) is 0 Å². The van der Waals surface area contributed by atoms with Crippen LogP contribution in [0.3, 0.4) is 0 Å². The minimum atomic E-state index is 0.0727. The van der Waals surface area contributed by atoms with E-state index in [1.807, 2.05) is 0 Å². The molecule has 3 nitrogen and oxygen atoms in total. The molecule has 1 rings (SSSR count). The number of hydrazone groups is 1. The summed E-state index contributed by atoms with van der Waals surface area (Å²) in [6.45, 7) is 4.40. The first-order valence-electron chi connectivity index (χ1n) is 7.10. The number of amides is 1. The van der Waals surface area contributed by atoms with Gasteiger partial charge in [0.25, 0.3) is 0 Å². The average Bonchev–Trinajstić information content (AvgIpc) is 2.37. The minimum absolute atomic E-state index is 0.0727. The summed E-state index contributed by atoms with van der Waals surface area (Å²) in [6.07, 6.45) is 9.75. The molecule has 0 unspecified atom stereocenters. The molecule has 1 aliphatic rings. The summed E-state index contributed by atoms with van der Waals surface area (Å²) in [5.74, 6) is 0.942. The standard InChI is InChI=1S/C14H26N2O/c1-3-5-6-7-14(17)16-15-13-10-8-12(4-2)9-11-13/h12H,3-11H2,1-2H3,(H,16,17). The number of rotatable bonds is 6. The van der Waals surface area contributed by atoms with Gasteiger partial charge in [-0.3, -0.25) is 4.79 Å². The van der Waals surface area contributed by atoms with E-state index in [-0.39, 0.29) is 5.91 Å². The van der Waals surface area contributed by atoms with Gasteiger partial charge in [0.15, 0.2) is 0 Å². The maximum Gasteiger partial charge on any atom is 0.240 e. The molecule has 1 N–H and O–H groups in total. The Morgan fingerprint density at radius 1 is 1.29 bits per heavy atom. The van der Waals surface area contributed by atoms with E-state index in [4.69, 9.17) is 0 Å². The molecule has 0 heterocycles. The normalized spacial score (nSPS) is 20.1. The summed E-state index contributed by atoms with van der Waals surface area (Å²) in [7, 11) is 0. The van der Waals surface area contributed by atoms with Gasteiger partial charge in [-0.2, -0.15) is 5.10 Å². The highest BCUT2D eigenvalue weighted by Crippen LogP contribution is 2.24. The van der Waals surface area contributed by atoms with Crippen molar-refractivity contribution in [2.45, 2.75) is 71.6 Å². The van der Waals surface area contributed by atoms with Crippen molar-refractivity contribution in [3.63, 3.8) is 0 Å². The lowest BCUT2D eigenvalue weighted by Gasteiger charge is -2.21. The quantitative estimate of drug-likeness (QED) is 0.557. The average molecular weight is 238 g/mol. The Morgan fingerprint density at radius 2 is 2.00 bits per heavy atom. The van der Waals surface area contributed by atoms with Crippen molar-refractivity contribution in [1.29, 1.82) is 0 Å². The summed E-state index contributed by atoms with van der Waals surface area (Å²) >= 11 is 0. The van der Waals surface area contributed by atoms with Gasteiger partial charge < -0.3 is 0 Å². The highest BCUT2D eigenvalue weighted by Gasteiger charge is 2.15.